The van der Waals surface area contributed by atoms with E-state index in [-0.39, 0.29) is 36.2 Å². The molecular formula is C28H42O5Si. The van der Waals surface area contributed by atoms with Gasteiger partial charge in [-0.05, 0) is 27.8 Å². The summed E-state index contributed by atoms with van der Waals surface area (Å²) in [5, 5.41) is 2.29. The van der Waals surface area contributed by atoms with Gasteiger partial charge in [0, 0.05) is 6.61 Å². The van der Waals surface area contributed by atoms with Gasteiger partial charge in [-0.1, -0.05) is 102 Å². The number of rotatable bonds is 14. The van der Waals surface area contributed by atoms with Gasteiger partial charge in [0.15, 0.2) is 0 Å². The van der Waals surface area contributed by atoms with Gasteiger partial charge in [0.2, 0.25) is 0 Å². The van der Waals surface area contributed by atoms with Crippen molar-refractivity contribution in [1.29, 1.82) is 0 Å². The third kappa shape index (κ3) is 7.50. The monoisotopic (exact) mass is 486 g/mol. The van der Waals surface area contributed by atoms with E-state index in [0.29, 0.717) is 13.2 Å². The zero-order valence-electron chi connectivity index (χ0n) is 21.7. The van der Waals surface area contributed by atoms with Crippen LogP contribution in [0.1, 0.15) is 53.9 Å². The molecule has 0 N–H and O–H groups in total. The van der Waals surface area contributed by atoms with E-state index in [4.69, 9.17) is 18.6 Å². The van der Waals surface area contributed by atoms with Gasteiger partial charge in [-0.2, -0.15) is 0 Å². The summed E-state index contributed by atoms with van der Waals surface area (Å²) in [6.07, 6.45) is 2.02. The second kappa shape index (κ2) is 13.8. The van der Waals surface area contributed by atoms with E-state index in [9.17, 15) is 4.79 Å². The maximum atomic E-state index is 12.0. The van der Waals surface area contributed by atoms with Gasteiger partial charge in [0.25, 0.3) is 8.32 Å². The summed E-state index contributed by atoms with van der Waals surface area (Å²) in [5.41, 5.74) is 0. The van der Waals surface area contributed by atoms with Gasteiger partial charge in [-0.15, -0.1) is 0 Å². The highest BCUT2D eigenvalue weighted by atomic mass is 28.4. The molecule has 34 heavy (non-hydrogen) atoms. The van der Waals surface area contributed by atoms with Crippen LogP contribution in [0.15, 0.2) is 60.7 Å². The summed E-state index contributed by atoms with van der Waals surface area (Å²) >= 11 is 0. The van der Waals surface area contributed by atoms with Crippen LogP contribution in [0, 0.1) is 5.92 Å². The Hall–Kier alpha value is -1.99. The maximum Gasteiger partial charge on any atom is 0.305 e. The standard InChI is InChI=1S/C28H42O5Si/c1-7-8-19-31-22-32-26(23(2)20-27(29)30-6)21-33-34(28(3,4)5,24-15-11-9-12-16-24)25-17-13-10-14-18-25/h9-18,23,26H,7-8,19-22H2,1-6H3/t23-,26+/m0/s1. The molecule has 0 bridgehead atoms. The molecule has 2 aromatic carbocycles. The second-order valence-electron chi connectivity index (χ2n) is 9.82. The molecule has 0 heterocycles. The molecule has 0 radical (unpaired) electrons. The van der Waals surface area contributed by atoms with Crippen molar-refractivity contribution >= 4 is 24.7 Å². The number of carbonyl (C=O) groups is 1. The molecule has 0 saturated carbocycles. The molecule has 5 nitrogen and oxygen atoms in total. The average molecular weight is 487 g/mol. The Kier molecular flexibility index (Phi) is 11.5. The highest BCUT2D eigenvalue weighted by Gasteiger charge is 2.50. The molecule has 2 rings (SSSR count). The summed E-state index contributed by atoms with van der Waals surface area (Å²) in [4.78, 5) is 12.0. The van der Waals surface area contributed by atoms with Gasteiger partial charge < -0.3 is 18.6 Å². The fourth-order valence-corrected chi connectivity index (χ4v) is 8.83. The smallest absolute Gasteiger partial charge is 0.305 e. The molecule has 0 fully saturated rings. The molecule has 6 heteroatoms. The molecule has 0 aliphatic carbocycles. The lowest BCUT2D eigenvalue weighted by Gasteiger charge is -2.44. The lowest BCUT2D eigenvalue weighted by molar-refractivity contribution is -0.147. The number of hydrogen-bond acceptors (Lipinski definition) is 5. The van der Waals surface area contributed by atoms with Crippen molar-refractivity contribution in [3.8, 4) is 0 Å². The first kappa shape index (κ1) is 28.2. The highest BCUT2D eigenvalue weighted by molar-refractivity contribution is 6.99. The van der Waals surface area contributed by atoms with Crippen LogP contribution in [0.4, 0.5) is 0 Å². The van der Waals surface area contributed by atoms with Crippen molar-refractivity contribution in [1.82, 2.24) is 0 Å². The van der Waals surface area contributed by atoms with Crippen molar-refractivity contribution in [2.45, 2.75) is 65.0 Å². The Morgan fingerprint density at radius 2 is 1.53 bits per heavy atom. The van der Waals surface area contributed by atoms with E-state index in [2.05, 4.69) is 76.2 Å². The van der Waals surface area contributed by atoms with Crippen LogP contribution in [0.5, 0.6) is 0 Å². The molecule has 0 unspecified atom stereocenters. The second-order valence-corrected chi connectivity index (χ2v) is 14.1. The third-order valence-electron chi connectivity index (χ3n) is 6.24. The SMILES string of the molecule is CCCCOCO[C@H](CO[Si](c1ccccc1)(c1ccccc1)C(C)(C)C)[C@@H](C)CC(=O)OC. The number of carbonyl (C=O) groups excluding carboxylic acids is 1. The Balaban J connectivity index is 2.37. The first-order chi connectivity index (χ1) is 16.3. The summed E-state index contributed by atoms with van der Waals surface area (Å²) in [6, 6.07) is 21.1. The highest BCUT2D eigenvalue weighted by Crippen LogP contribution is 2.37. The minimum atomic E-state index is -2.70. The van der Waals surface area contributed by atoms with Crippen molar-refractivity contribution in [3.63, 3.8) is 0 Å². The maximum absolute atomic E-state index is 12.0. The van der Waals surface area contributed by atoms with Crippen LogP contribution in [0.3, 0.4) is 0 Å². The van der Waals surface area contributed by atoms with Crippen LogP contribution in [-0.4, -0.2) is 47.5 Å². The average Bonchev–Trinajstić information content (AvgIpc) is 2.83. The number of esters is 1. The van der Waals surface area contributed by atoms with Crippen molar-refractivity contribution in [2.75, 3.05) is 27.1 Å². The lowest BCUT2D eigenvalue weighted by atomic mass is 10.0. The van der Waals surface area contributed by atoms with E-state index in [1.54, 1.807) is 0 Å². The number of hydrogen-bond donors (Lipinski definition) is 0. The van der Waals surface area contributed by atoms with Crippen LogP contribution >= 0.6 is 0 Å². The summed E-state index contributed by atoms with van der Waals surface area (Å²) in [7, 11) is -1.29. The Labute approximate surface area is 206 Å². The molecule has 0 saturated heterocycles. The number of methoxy groups -OCH3 is 1. The quantitative estimate of drug-likeness (QED) is 0.164. The minimum Gasteiger partial charge on any atom is -0.469 e. The topological polar surface area (TPSA) is 54.0 Å². The van der Waals surface area contributed by atoms with Crippen molar-refractivity contribution in [2.24, 2.45) is 5.92 Å². The molecule has 0 aliphatic rings. The predicted molar refractivity (Wildman–Crippen MR) is 140 cm³/mol. The van der Waals surface area contributed by atoms with E-state index in [0.717, 1.165) is 12.8 Å². The normalized spacial score (nSPS) is 13.9. The molecule has 0 amide bonds. The number of ether oxygens (including phenoxy) is 3. The van der Waals surface area contributed by atoms with E-state index in [1.165, 1.54) is 17.5 Å². The zero-order valence-corrected chi connectivity index (χ0v) is 22.7. The number of unbranched alkanes of at least 4 members (excludes halogenated alkanes) is 1. The fraction of sp³-hybridized carbons (Fsp3) is 0.536. The van der Waals surface area contributed by atoms with E-state index in [1.807, 2.05) is 19.1 Å². The molecule has 2 atom stereocenters. The van der Waals surface area contributed by atoms with Crippen molar-refractivity contribution < 1.29 is 23.4 Å². The predicted octanol–water partition coefficient (Wildman–Crippen LogP) is 4.92. The van der Waals surface area contributed by atoms with Crippen LogP contribution in [0.25, 0.3) is 0 Å². The number of benzene rings is 2. The largest absolute Gasteiger partial charge is 0.469 e. The fourth-order valence-electron chi connectivity index (χ4n) is 4.26. The van der Waals surface area contributed by atoms with Gasteiger partial charge in [-0.25, -0.2) is 0 Å². The minimum absolute atomic E-state index is 0.0829. The molecule has 188 valence electrons. The first-order valence-electron chi connectivity index (χ1n) is 12.3. The zero-order chi connectivity index (χ0) is 25.0. The molecular weight excluding hydrogens is 444 g/mol. The van der Waals surface area contributed by atoms with Crippen LogP contribution in [-0.2, 0) is 23.4 Å². The first-order valence-corrected chi connectivity index (χ1v) is 14.2. The summed E-state index contributed by atoms with van der Waals surface area (Å²) in [5.74, 6) is -0.334. The van der Waals surface area contributed by atoms with E-state index < -0.39 is 8.32 Å². The Morgan fingerprint density at radius 1 is 0.971 bits per heavy atom. The van der Waals surface area contributed by atoms with Gasteiger partial charge in [-0.3, -0.25) is 4.79 Å². The molecule has 2 aromatic rings. The summed E-state index contributed by atoms with van der Waals surface area (Å²) in [6.45, 7) is 12.1. The van der Waals surface area contributed by atoms with Crippen LogP contribution < -0.4 is 10.4 Å². The molecule has 0 aromatic heterocycles. The third-order valence-corrected chi connectivity index (χ3v) is 11.2. The summed E-state index contributed by atoms with van der Waals surface area (Å²) < 4.78 is 23.8. The van der Waals surface area contributed by atoms with Gasteiger partial charge in [0.05, 0.1) is 26.2 Å². The van der Waals surface area contributed by atoms with E-state index >= 15 is 0 Å². The lowest BCUT2D eigenvalue weighted by Crippen LogP contribution is -2.67. The Morgan fingerprint density at radius 3 is 2.00 bits per heavy atom. The molecule has 0 aliphatic heterocycles. The van der Waals surface area contributed by atoms with Gasteiger partial charge >= 0.3 is 5.97 Å². The van der Waals surface area contributed by atoms with Crippen LogP contribution in [0.2, 0.25) is 5.04 Å². The Bertz CT molecular complexity index is 795. The molecule has 0 spiro atoms. The van der Waals surface area contributed by atoms with Crippen molar-refractivity contribution in [3.05, 3.63) is 60.7 Å². The van der Waals surface area contributed by atoms with Gasteiger partial charge in [0.1, 0.15) is 6.79 Å².